The van der Waals surface area contributed by atoms with Gasteiger partial charge in [0.1, 0.15) is 0 Å². The summed E-state index contributed by atoms with van der Waals surface area (Å²) in [6, 6.07) is 14.9. The van der Waals surface area contributed by atoms with E-state index in [-0.39, 0.29) is 12.5 Å². The fraction of sp³-hybridized carbons (Fsp3) is 0.222. The molecule has 0 saturated carbocycles. The molecular weight excluding hydrogens is 358 g/mol. The first-order chi connectivity index (χ1) is 11.1. The number of ether oxygens (including phenoxy) is 1. The largest absolute Gasteiger partial charge is 0.462 e. The molecule has 0 spiro atoms. The Balaban J connectivity index is 2.04. The third-order valence-electron chi connectivity index (χ3n) is 3.23. The highest BCUT2D eigenvalue weighted by Gasteiger charge is 2.15. The standard InChI is InChI=1S/C18H18BrNO3/c1-2-23-18(22)15-12-14(19)9-10-16(15)20-17(21)11-8-13-6-4-3-5-7-13/h3-7,9-10,12H,2,8,11H2,1H3,(H,20,21). The average molecular weight is 376 g/mol. The molecule has 0 radical (unpaired) electrons. The maximum Gasteiger partial charge on any atom is 0.340 e. The number of hydrogen-bond acceptors (Lipinski definition) is 3. The van der Waals surface area contributed by atoms with E-state index in [9.17, 15) is 9.59 Å². The minimum atomic E-state index is -0.452. The summed E-state index contributed by atoms with van der Waals surface area (Å²) in [6.45, 7) is 2.03. The Bertz CT molecular complexity index is 686. The van der Waals surface area contributed by atoms with Crippen molar-refractivity contribution in [3.8, 4) is 0 Å². The van der Waals surface area contributed by atoms with E-state index in [1.54, 1.807) is 25.1 Å². The van der Waals surface area contributed by atoms with E-state index in [2.05, 4.69) is 21.2 Å². The second-order valence-corrected chi connectivity index (χ2v) is 5.86. The zero-order valence-corrected chi connectivity index (χ0v) is 14.4. The third kappa shape index (κ3) is 5.21. The fourth-order valence-corrected chi connectivity index (χ4v) is 2.48. The second-order valence-electron chi connectivity index (χ2n) is 4.94. The van der Waals surface area contributed by atoms with Gasteiger partial charge in [-0.1, -0.05) is 46.3 Å². The van der Waals surface area contributed by atoms with Gasteiger partial charge in [0.05, 0.1) is 17.9 Å². The number of esters is 1. The van der Waals surface area contributed by atoms with Crippen LogP contribution in [0.5, 0.6) is 0 Å². The predicted molar refractivity (Wildman–Crippen MR) is 93.5 cm³/mol. The smallest absolute Gasteiger partial charge is 0.340 e. The average Bonchev–Trinajstić information content (AvgIpc) is 2.56. The zero-order valence-electron chi connectivity index (χ0n) is 12.8. The Morgan fingerprint density at radius 1 is 1.13 bits per heavy atom. The summed E-state index contributed by atoms with van der Waals surface area (Å²) in [7, 11) is 0. The molecular formula is C18H18BrNO3. The molecule has 0 atom stereocenters. The van der Waals surface area contributed by atoms with Crippen molar-refractivity contribution in [2.24, 2.45) is 0 Å². The Labute approximate surface area is 144 Å². The van der Waals surface area contributed by atoms with Crippen molar-refractivity contribution in [2.75, 3.05) is 11.9 Å². The molecule has 0 aliphatic heterocycles. The van der Waals surface area contributed by atoms with Crippen LogP contribution in [0, 0.1) is 0 Å². The fourth-order valence-electron chi connectivity index (χ4n) is 2.12. The number of benzene rings is 2. The van der Waals surface area contributed by atoms with E-state index in [1.807, 2.05) is 30.3 Å². The first-order valence-electron chi connectivity index (χ1n) is 7.40. The summed E-state index contributed by atoms with van der Waals surface area (Å²) in [5.41, 5.74) is 1.91. The van der Waals surface area contributed by atoms with Crippen LogP contribution < -0.4 is 5.32 Å². The SMILES string of the molecule is CCOC(=O)c1cc(Br)ccc1NC(=O)CCc1ccccc1. The molecule has 120 valence electrons. The van der Waals surface area contributed by atoms with Gasteiger partial charge in [-0.2, -0.15) is 0 Å². The number of carbonyl (C=O) groups is 2. The van der Waals surface area contributed by atoms with Gasteiger partial charge >= 0.3 is 5.97 Å². The first-order valence-corrected chi connectivity index (χ1v) is 8.20. The molecule has 2 aromatic carbocycles. The van der Waals surface area contributed by atoms with Crippen LogP contribution in [0.1, 0.15) is 29.3 Å². The van der Waals surface area contributed by atoms with Crippen molar-refractivity contribution in [3.05, 3.63) is 64.1 Å². The topological polar surface area (TPSA) is 55.4 Å². The summed E-state index contributed by atoms with van der Waals surface area (Å²) in [6.07, 6.45) is 1.00. The molecule has 5 heteroatoms. The Morgan fingerprint density at radius 2 is 1.87 bits per heavy atom. The van der Waals surface area contributed by atoms with Crippen LogP contribution in [0.2, 0.25) is 0 Å². The summed E-state index contributed by atoms with van der Waals surface area (Å²) in [4.78, 5) is 24.1. The van der Waals surface area contributed by atoms with Gasteiger partial charge in [0.2, 0.25) is 5.91 Å². The third-order valence-corrected chi connectivity index (χ3v) is 3.73. The minimum Gasteiger partial charge on any atom is -0.462 e. The molecule has 23 heavy (non-hydrogen) atoms. The van der Waals surface area contributed by atoms with Gasteiger partial charge in [-0.25, -0.2) is 4.79 Å². The second kappa shape index (κ2) is 8.48. The van der Waals surface area contributed by atoms with E-state index < -0.39 is 5.97 Å². The lowest BCUT2D eigenvalue weighted by molar-refractivity contribution is -0.116. The quantitative estimate of drug-likeness (QED) is 0.769. The summed E-state index contributed by atoms with van der Waals surface area (Å²) in [5, 5.41) is 2.79. The molecule has 4 nitrogen and oxygen atoms in total. The van der Waals surface area contributed by atoms with Crippen LogP contribution in [-0.4, -0.2) is 18.5 Å². The van der Waals surface area contributed by atoms with Gasteiger partial charge in [-0.15, -0.1) is 0 Å². The lowest BCUT2D eigenvalue weighted by Gasteiger charge is -2.11. The number of anilines is 1. The number of hydrogen-bond donors (Lipinski definition) is 1. The van der Waals surface area contributed by atoms with E-state index in [4.69, 9.17) is 4.74 Å². The predicted octanol–water partition coefficient (Wildman–Crippen LogP) is 4.20. The number of amides is 1. The summed E-state index contributed by atoms with van der Waals surface area (Å²) >= 11 is 3.32. The Morgan fingerprint density at radius 3 is 2.57 bits per heavy atom. The van der Waals surface area contributed by atoms with Gasteiger partial charge < -0.3 is 10.1 Å². The van der Waals surface area contributed by atoms with Crippen molar-refractivity contribution in [2.45, 2.75) is 19.8 Å². The molecule has 0 saturated heterocycles. The maximum atomic E-state index is 12.1. The number of carbonyl (C=O) groups excluding carboxylic acids is 2. The van der Waals surface area contributed by atoms with Crippen molar-refractivity contribution in [1.82, 2.24) is 0 Å². The van der Waals surface area contributed by atoms with E-state index in [0.717, 1.165) is 10.0 Å². The van der Waals surface area contributed by atoms with Gasteiger partial charge in [0.25, 0.3) is 0 Å². The molecule has 0 fully saturated rings. The summed E-state index contributed by atoms with van der Waals surface area (Å²) in [5.74, 6) is -0.589. The molecule has 1 N–H and O–H groups in total. The van der Waals surface area contributed by atoms with Crippen LogP contribution in [0.25, 0.3) is 0 Å². The van der Waals surface area contributed by atoms with Crippen LogP contribution in [0.4, 0.5) is 5.69 Å². The van der Waals surface area contributed by atoms with Gasteiger partial charge in [-0.05, 0) is 37.1 Å². The molecule has 1 amide bonds. The van der Waals surface area contributed by atoms with E-state index in [0.29, 0.717) is 24.1 Å². The van der Waals surface area contributed by atoms with Gasteiger partial charge in [0, 0.05) is 10.9 Å². The molecule has 2 rings (SSSR count). The van der Waals surface area contributed by atoms with Crippen LogP contribution >= 0.6 is 15.9 Å². The molecule has 0 aliphatic rings. The van der Waals surface area contributed by atoms with Crippen LogP contribution in [-0.2, 0) is 16.0 Å². The van der Waals surface area contributed by atoms with Crippen molar-refractivity contribution in [3.63, 3.8) is 0 Å². The first kappa shape index (κ1) is 17.2. The van der Waals surface area contributed by atoms with Gasteiger partial charge in [0.15, 0.2) is 0 Å². The molecule has 0 aromatic heterocycles. The van der Waals surface area contributed by atoms with Crippen LogP contribution in [0.15, 0.2) is 53.0 Å². The van der Waals surface area contributed by atoms with Crippen molar-refractivity contribution >= 4 is 33.5 Å². The number of aryl methyl sites for hydroxylation is 1. The number of halogens is 1. The molecule has 0 unspecified atom stereocenters. The lowest BCUT2D eigenvalue weighted by Crippen LogP contribution is -2.16. The normalized spacial score (nSPS) is 10.2. The highest BCUT2D eigenvalue weighted by molar-refractivity contribution is 9.10. The molecule has 0 aliphatic carbocycles. The minimum absolute atomic E-state index is 0.137. The Kier molecular flexibility index (Phi) is 6.35. The molecule has 0 heterocycles. The van der Waals surface area contributed by atoms with E-state index in [1.165, 1.54) is 0 Å². The van der Waals surface area contributed by atoms with E-state index >= 15 is 0 Å². The number of nitrogens with one attached hydrogen (secondary N) is 1. The highest BCUT2D eigenvalue weighted by Crippen LogP contribution is 2.22. The highest BCUT2D eigenvalue weighted by atomic mass is 79.9. The lowest BCUT2D eigenvalue weighted by atomic mass is 10.1. The maximum absolute atomic E-state index is 12.1. The van der Waals surface area contributed by atoms with Gasteiger partial charge in [-0.3, -0.25) is 4.79 Å². The van der Waals surface area contributed by atoms with Crippen molar-refractivity contribution < 1.29 is 14.3 Å². The monoisotopic (exact) mass is 375 g/mol. The van der Waals surface area contributed by atoms with Crippen LogP contribution in [0.3, 0.4) is 0 Å². The van der Waals surface area contributed by atoms with Crippen molar-refractivity contribution in [1.29, 1.82) is 0 Å². The molecule has 2 aromatic rings. The Hall–Kier alpha value is -2.14. The summed E-state index contributed by atoms with van der Waals surface area (Å²) < 4.78 is 5.78. The zero-order chi connectivity index (χ0) is 16.7. The molecule has 0 bridgehead atoms. The number of rotatable bonds is 6.